The van der Waals surface area contributed by atoms with Crippen LogP contribution < -0.4 is 50.7 Å². The maximum Gasteiger partial charge on any atom is 0.433 e. The summed E-state index contributed by atoms with van der Waals surface area (Å²) in [6, 6.07) is 38.6. The van der Waals surface area contributed by atoms with Crippen molar-refractivity contribution in [1.29, 1.82) is 0 Å². The van der Waals surface area contributed by atoms with Crippen LogP contribution >= 0.6 is 46.5 Å². The summed E-state index contributed by atoms with van der Waals surface area (Å²) in [5.74, 6) is 0.205. The lowest BCUT2D eigenvalue weighted by molar-refractivity contribution is -0.141. The number of benzene rings is 7. The first kappa shape index (κ1) is 83.4. The maximum atomic E-state index is 13.6. The van der Waals surface area contributed by atoms with Crippen molar-refractivity contribution in [2.24, 2.45) is 15.7 Å². The number of rotatable bonds is 20. The monoisotopic (exact) mass is 1630 g/mol. The molecule has 0 bridgehead atoms. The van der Waals surface area contributed by atoms with Gasteiger partial charge in [-0.1, -0.05) is 58.4 Å². The quantitative estimate of drug-likeness (QED) is 0.0350. The van der Waals surface area contributed by atoms with E-state index in [0.717, 1.165) is 121 Å². The van der Waals surface area contributed by atoms with E-state index in [2.05, 4.69) is 81.5 Å². The van der Waals surface area contributed by atoms with E-state index in [0.29, 0.717) is 69.8 Å². The fraction of sp³-hybridized carbons (Fsp3) is 0.289. The number of sulfone groups is 1. The summed E-state index contributed by atoms with van der Waals surface area (Å²) in [5.41, 5.74) is 20.0. The number of pyridine rings is 1. The molecule has 113 heavy (non-hydrogen) atoms. The van der Waals surface area contributed by atoms with Crippen molar-refractivity contribution in [2.45, 2.75) is 116 Å². The van der Waals surface area contributed by atoms with Crippen molar-refractivity contribution in [2.75, 3.05) is 79.2 Å². The smallest absolute Gasteiger partial charge is 0.433 e. The third kappa shape index (κ3) is 19.9. The van der Waals surface area contributed by atoms with E-state index in [1.807, 2.05) is 80.6 Å². The fourth-order valence-corrected chi connectivity index (χ4v) is 17.8. The van der Waals surface area contributed by atoms with Gasteiger partial charge in [-0.2, -0.15) is 13.2 Å². The van der Waals surface area contributed by atoms with Crippen molar-refractivity contribution in [1.82, 2.24) is 25.6 Å². The molecule has 4 amide bonds. The van der Waals surface area contributed by atoms with E-state index >= 15 is 0 Å². The molecule has 7 aromatic carbocycles. The predicted molar refractivity (Wildman–Crippen MR) is 438 cm³/mol. The number of halogens is 4. The molecule has 590 valence electrons. The van der Waals surface area contributed by atoms with Crippen LogP contribution in [0, 0.1) is 13.8 Å². The van der Waals surface area contributed by atoms with Gasteiger partial charge in [0.15, 0.2) is 23.0 Å². The van der Waals surface area contributed by atoms with Crippen LogP contribution in [0.2, 0.25) is 5.02 Å². The Morgan fingerprint density at radius 3 is 1.81 bits per heavy atom. The van der Waals surface area contributed by atoms with Crippen molar-refractivity contribution < 1.29 is 69.2 Å². The van der Waals surface area contributed by atoms with E-state index in [9.17, 15) is 40.8 Å². The number of primary amides is 1. The number of carbonyl (C=O) groups is 4. The number of nitrogens with one attached hydrogen (secondary N) is 4. The number of aliphatic imine (C=N–C) groups is 2. The Balaban J connectivity index is 0.000000154. The number of nitrogens with zero attached hydrogens (tertiary/aromatic N) is 5. The van der Waals surface area contributed by atoms with Gasteiger partial charge < -0.3 is 55.4 Å². The highest BCUT2D eigenvalue weighted by Crippen LogP contribution is 2.46. The molecule has 10 aromatic rings. The Morgan fingerprint density at radius 1 is 0.619 bits per heavy atom. The number of fused-ring (bicyclic) bond motifs is 7. The zero-order chi connectivity index (χ0) is 81.0. The predicted octanol–water partition coefficient (Wildman–Crippen LogP) is 17.5. The van der Waals surface area contributed by atoms with Gasteiger partial charge in [0.2, 0.25) is 26.7 Å². The van der Waals surface area contributed by atoms with Crippen molar-refractivity contribution >= 4 is 130 Å². The van der Waals surface area contributed by atoms with Crippen molar-refractivity contribution in [3.63, 3.8) is 0 Å². The molecule has 0 radical (unpaired) electrons. The van der Waals surface area contributed by atoms with Crippen LogP contribution in [-0.4, -0.2) is 127 Å². The van der Waals surface area contributed by atoms with Crippen LogP contribution in [0.1, 0.15) is 127 Å². The number of hydrogen-bond donors (Lipinski definition) is 5. The number of aryl methyl sites for hydroxylation is 4. The summed E-state index contributed by atoms with van der Waals surface area (Å²) in [6.07, 6.45) is 0.972. The van der Waals surface area contributed by atoms with E-state index < -0.39 is 44.4 Å². The van der Waals surface area contributed by atoms with Crippen LogP contribution in [0.5, 0.6) is 28.7 Å². The highest BCUT2D eigenvalue weighted by molar-refractivity contribution is 8.00. The van der Waals surface area contributed by atoms with E-state index in [4.69, 9.17) is 60.7 Å². The minimum absolute atomic E-state index is 0.0896. The van der Waals surface area contributed by atoms with Crippen LogP contribution in [0.4, 0.5) is 40.9 Å². The number of anilines is 3. The maximum absolute atomic E-state index is 13.6. The summed E-state index contributed by atoms with van der Waals surface area (Å²) in [5, 5.41) is 12.7. The van der Waals surface area contributed by atoms with Gasteiger partial charge >= 0.3 is 6.18 Å². The standard InChI is InChI=1S/C26H27F3N4O6S2.C21H21ClN2O3.C19H20N2O2S.C17H16N2OS/c1-38-17-10-9-14(12-18(17)39-2)16-13-20(26(27,28)29)32-25(31-16)41(36,37)11-5-8-21(34)33-24-22(23(30)35)15-6-3-4-7-19(15)40-24;1-25-18-10-13(11-19(26-2)21(18)27-3)23-20-14-5-4-6-16(14)24-17-8-7-12(22)9-15(17)20;1-12-4-6-17-15(10-12)13(2)21-16-11-14(5-7-18(16)24-17)19(22)20-8-9-23-3;1-10-4-6-15-13(8-10)11(2)19-14-9-12(17(20)18-3)5-7-16(14)21-15/h9-10,12-13H,3-8,11H2,1-2H3,(H2,30,35)(H,33,34);7-11H,4-6H2,1-3H3,(H,23,24);4-7,10-11H,8-9H2,1-3H3,(H,20,22);4-9H,1-3H3,(H,18,20). The Bertz CT molecular complexity index is 5480. The number of amides is 4. The fourth-order valence-electron chi connectivity index (χ4n) is 13.1. The van der Waals surface area contributed by atoms with Gasteiger partial charge in [-0.3, -0.25) is 34.1 Å². The lowest BCUT2D eigenvalue weighted by atomic mass is 9.95. The topological polar surface area (TPSA) is 295 Å². The van der Waals surface area contributed by atoms with Gasteiger partial charge in [-0.25, -0.2) is 18.4 Å². The number of thiophene rings is 1. The second-order valence-corrected chi connectivity index (χ2v) is 32.2. The average Bonchev–Trinajstić information content (AvgIpc) is 1.67. The van der Waals surface area contributed by atoms with Gasteiger partial charge in [0, 0.05) is 125 Å². The van der Waals surface area contributed by atoms with Gasteiger partial charge in [0.1, 0.15) is 10.7 Å². The SMILES string of the molecule is CNC(=O)c1ccc2c(c1)N=C(C)c1cc(C)ccc1S2.COCCNC(=O)c1ccc2c(c1)N=C(C)c1cc(C)ccc1S2.COc1cc(Nc2c3c(nc4ccc(Cl)cc24)CCC3)cc(OC)c1OC.COc1ccc(-c2cc(C(F)(F)F)nc(S(=O)(=O)CCCC(=O)Nc3sc4c(c3C(N)=O)CCCC4)n2)cc1OC. The van der Waals surface area contributed by atoms with Gasteiger partial charge in [0.05, 0.1) is 81.7 Å². The Morgan fingerprint density at radius 2 is 1.22 bits per heavy atom. The Hall–Kier alpha value is -10.6. The highest BCUT2D eigenvalue weighted by atomic mass is 35.5. The molecule has 30 heteroatoms. The number of ether oxygens (including phenoxy) is 6. The normalized spacial score (nSPS) is 13.0. The zero-order valence-corrected chi connectivity index (χ0v) is 68.0. The highest BCUT2D eigenvalue weighted by Gasteiger charge is 2.36. The lowest BCUT2D eigenvalue weighted by Crippen LogP contribution is -2.26. The third-order valence-electron chi connectivity index (χ3n) is 18.7. The van der Waals surface area contributed by atoms with E-state index in [1.54, 1.807) is 59.0 Å². The van der Waals surface area contributed by atoms with Crippen LogP contribution in [0.3, 0.4) is 0 Å². The minimum Gasteiger partial charge on any atom is -0.493 e. The van der Waals surface area contributed by atoms with Crippen LogP contribution in [-0.2, 0) is 51.2 Å². The molecule has 0 unspecified atom stereocenters. The van der Waals surface area contributed by atoms with E-state index in [-0.39, 0.29) is 47.2 Å². The molecule has 2 aliphatic carbocycles. The summed E-state index contributed by atoms with van der Waals surface area (Å²) in [6.45, 7) is 9.19. The molecule has 3 aromatic heterocycles. The number of aromatic nitrogens is 3. The number of carbonyl (C=O) groups excluding carboxylic acids is 4. The second kappa shape index (κ2) is 36.9. The molecule has 0 saturated carbocycles. The summed E-state index contributed by atoms with van der Waals surface area (Å²) < 4.78 is 98.6. The number of hydrogen-bond acceptors (Lipinski definition) is 21. The third-order valence-corrected chi connectivity index (χ3v) is 24.0. The Kier molecular flexibility index (Phi) is 27.3. The summed E-state index contributed by atoms with van der Waals surface area (Å²) in [4.78, 5) is 75.6. The summed E-state index contributed by atoms with van der Waals surface area (Å²) >= 11 is 10.9. The molecule has 4 aliphatic rings. The molecule has 0 spiro atoms. The van der Waals surface area contributed by atoms with E-state index in [1.165, 1.54) is 70.2 Å². The number of methoxy groups -OCH3 is 6. The van der Waals surface area contributed by atoms with Gasteiger partial charge in [-0.05, 0) is 193 Å². The largest absolute Gasteiger partial charge is 0.493 e. The van der Waals surface area contributed by atoms with Crippen LogP contribution in [0.25, 0.3) is 22.2 Å². The minimum atomic E-state index is -4.95. The molecule has 2 aliphatic heterocycles. The zero-order valence-electron chi connectivity index (χ0n) is 64.0. The molecule has 0 saturated heterocycles. The molecular weight excluding hydrogens is 1550 g/mol. The first-order chi connectivity index (χ1) is 54.1. The van der Waals surface area contributed by atoms with Crippen molar-refractivity contribution in [3.05, 3.63) is 199 Å². The average molecular weight is 1630 g/mol. The first-order valence-corrected chi connectivity index (χ1v) is 40.4. The Labute approximate surface area is 670 Å². The molecule has 5 heterocycles. The van der Waals surface area contributed by atoms with Gasteiger partial charge in [-0.15, -0.1) is 11.3 Å². The molecule has 22 nitrogen and oxygen atoms in total. The number of alkyl halides is 3. The summed E-state index contributed by atoms with van der Waals surface area (Å²) in [7, 11) is 6.38. The molecule has 0 atom stereocenters. The molecule has 6 N–H and O–H groups in total. The van der Waals surface area contributed by atoms with Gasteiger partial charge in [0.25, 0.3) is 17.7 Å². The van der Waals surface area contributed by atoms with Crippen molar-refractivity contribution in [3.8, 4) is 40.0 Å². The molecule has 0 fully saturated rings. The lowest BCUT2D eigenvalue weighted by Gasteiger charge is -2.18. The molecular formula is C83H84ClF3N10O12S4. The number of nitrogens with two attached hydrogens (primary N) is 1. The molecule has 14 rings (SSSR count). The first-order valence-electron chi connectivity index (χ1n) is 35.9. The van der Waals surface area contributed by atoms with Crippen LogP contribution in [0.15, 0.2) is 162 Å². The second-order valence-electron chi connectivity index (χ2n) is 26.5.